The molecule has 0 amide bonds. The van der Waals surface area contributed by atoms with E-state index in [1.807, 2.05) is 41.3 Å². The fourth-order valence-corrected chi connectivity index (χ4v) is 3.27. The first-order valence-electron chi connectivity index (χ1n) is 7.44. The molecule has 2 unspecified atom stereocenters. The number of carbonyl (C=O) groups is 1. The maximum absolute atomic E-state index is 11.6. The average Bonchev–Trinajstić information content (AvgIpc) is 3.04. The maximum Gasteiger partial charge on any atom is 0.320 e. The van der Waals surface area contributed by atoms with E-state index in [1.165, 1.54) is 0 Å². The lowest BCUT2D eigenvalue weighted by molar-refractivity contribution is -0.145. The molecule has 2 atom stereocenters. The Hall–Kier alpha value is -1.78. The van der Waals surface area contributed by atoms with Gasteiger partial charge in [0.25, 0.3) is 0 Å². The monoisotopic (exact) mass is 319 g/mol. The summed E-state index contributed by atoms with van der Waals surface area (Å²) in [6, 6.07) is 10.6. The predicted molar refractivity (Wildman–Crippen MR) is 84.0 cm³/mol. The zero-order chi connectivity index (χ0) is 15.5. The van der Waals surface area contributed by atoms with Gasteiger partial charge in [-0.2, -0.15) is 0 Å². The summed E-state index contributed by atoms with van der Waals surface area (Å²) in [6.07, 6.45) is 4.23. The molecule has 3 rings (SSSR count). The summed E-state index contributed by atoms with van der Waals surface area (Å²) in [4.78, 5) is 13.7. The van der Waals surface area contributed by atoms with E-state index in [1.54, 1.807) is 6.26 Å². The second-order valence-electron chi connectivity index (χ2n) is 5.56. The SMILES string of the molecule is O=C(O)C1CCCCN1C(c1ccc(Cl)cc1)c1ccco1. The van der Waals surface area contributed by atoms with Gasteiger partial charge < -0.3 is 9.52 Å². The minimum atomic E-state index is -0.773. The van der Waals surface area contributed by atoms with E-state index in [0.717, 1.165) is 30.7 Å². The molecule has 22 heavy (non-hydrogen) atoms. The van der Waals surface area contributed by atoms with Crippen molar-refractivity contribution in [1.29, 1.82) is 0 Å². The molecule has 1 aromatic carbocycles. The number of nitrogens with zero attached hydrogens (tertiary/aromatic N) is 1. The van der Waals surface area contributed by atoms with E-state index in [-0.39, 0.29) is 6.04 Å². The number of piperidine rings is 1. The van der Waals surface area contributed by atoms with Crippen molar-refractivity contribution in [2.45, 2.75) is 31.3 Å². The maximum atomic E-state index is 11.6. The molecular formula is C17H18ClNO3. The largest absolute Gasteiger partial charge is 0.480 e. The van der Waals surface area contributed by atoms with Gasteiger partial charge in [-0.1, -0.05) is 30.2 Å². The van der Waals surface area contributed by atoms with E-state index in [9.17, 15) is 9.90 Å². The predicted octanol–water partition coefficient (Wildman–Crippen LogP) is 3.96. The molecule has 0 spiro atoms. The topological polar surface area (TPSA) is 53.7 Å². The van der Waals surface area contributed by atoms with Crippen LogP contribution in [0.2, 0.25) is 5.02 Å². The minimum absolute atomic E-state index is 0.200. The molecule has 4 nitrogen and oxygen atoms in total. The zero-order valence-corrected chi connectivity index (χ0v) is 12.9. The number of furan rings is 1. The second-order valence-corrected chi connectivity index (χ2v) is 5.99. The Morgan fingerprint density at radius 1 is 1.27 bits per heavy atom. The van der Waals surface area contributed by atoms with Gasteiger partial charge in [0.15, 0.2) is 0 Å². The first-order valence-corrected chi connectivity index (χ1v) is 7.82. The van der Waals surface area contributed by atoms with Gasteiger partial charge in [0, 0.05) is 11.6 Å². The van der Waals surface area contributed by atoms with Crippen molar-refractivity contribution in [3.8, 4) is 0 Å². The van der Waals surface area contributed by atoms with Crippen molar-refractivity contribution in [2.24, 2.45) is 0 Å². The van der Waals surface area contributed by atoms with E-state index >= 15 is 0 Å². The molecule has 1 aromatic heterocycles. The number of carboxylic acids is 1. The Morgan fingerprint density at radius 3 is 2.68 bits per heavy atom. The third kappa shape index (κ3) is 3.03. The molecule has 1 fully saturated rings. The summed E-state index contributed by atoms with van der Waals surface area (Å²) in [5.74, 6) is -0.0132. The van der Waals surface area contributed by atoms with Crippen LogP contribution < -0.4 is 0 Å². The van der Waals surface area contributed by atoms with Gasteiger partial charge in [-0.15, -0.1) is 0 Å². The van der Waals surface area contributed by atoms with Crippen LogP contribution in [0.1, 0.15) is 36.6 Å². The molecule has 0 radical (unpaired) electrons. The number of likely N-dealkylation sites (tertiary alicyclic amines) is 1. The van der Waals surface area contributed by atoms with E-state index in [0.29, 0.717) is 11.4 Å². The highest BCUT2D eigenvalue weighted by molar-refractivity contribution is 6.30. The molecule has 1 saturated heterocycles. The second kappa shape index (κ2) is 6.55. The van der Waals surface area contributed by atoms with Crippen LogP contribution in [0.15, 0.2) is 47.1 Å². The average molecular weight is 320 g/mol. The molecule has 2 heterocycles. The van der Waals surface area contributed by atoms with E-state index < -0.39 is 12.0 Å². The molecule has 0 aliphatic carbocycles. The van der Waals surface area contributed by atoms with Crippen molar-refractivity contribution in [3.05, 3.63) is 59.0 Å². The van der Waals surface area contributed by atoms with Crippen LogP contribution in [-0.2, 0) is 4.79 Å². The summed E-state index contributed by atoms with van der Waals surface area (Å²) >= 11 is 5.98. The van der Waals surface area contributed by atoms with Crippen LogP contribution in [0.4, 0.5) is 0 Å². The van der Waals surface area contributed by atoms with Crippen LogP contribution in [0.5, 0.6) is 0 Å². The van der Waals surface area contributed by atoms with Crippen molar-refractivity contribution in [2.75, 3.05) is 6.54 Å². The van der Waals surface area contributed by atoms with Gasteiger partial charge in [0.2, 0.25) is 0 Å². The highest BCUT2D eigenvalue weighted by Gasteiger charge is 2.36. The molecular weight excluding hydrogens is 302 g/mol. The lowest BCUT2D eigenvalue weighted by Crippen LogP contribution is -2.46. The molecule has 116 valence electrons. The number of rotatable bonds is 4. The summed E-state index contributed by atoms with van der Waals surface area (Å²) in [7, 11) is 0. The normalized spacial score (nSPS) is 20.7. The number of hydrogen-bond donors (Lipinski definition) is 1. The van der Waals surface area contributed by atoms with Gasteiger partial charge in [-0.25, -0.2) is 0 Å². The molecule has 1 aliphatic heterocycles. The highest BCUT2D eigenvalue weighted by atomic mass is 35.5. The Kier molecular flexibility index (Phi) is 4.50. The van der Waals surface area contributed by atoms with Crippen molar-refractivity contribution in [3.63, 3.8) is 0 Å². The Labute approximate surface area is 134 Å². The molecule has 0 saturated carbocycles. The van der Waals surface area contributed by atoms with E-state index in [2.05, 4.69) is 0 Å². The summed E-state index contributed by atoms with van der Waals surface area (Å²) in [5, 5.41) is 10.2. The fraction of sp³-hybridized carbons (Fsp3) is 0.353. The van der Waals surface area contributed by atoms with Gasteiger partial charge in [-0.05, 0) is 42.7 Å². The van der Waals surface area contributed by atoms with Crippen molar-refractivity contribution in [1.82, 2.24) is 4.90 Å². The molecule has 1 aliphatic rings. The summed E-state index contributed by atoms with van der Waals surface area (Å²) in [6.45, 7) is 0.741. The van der Waals surface area contributed by atoms with Gasteiger partial charge in [0.05, 0.1) is 12.3 Å². The Bertz CT molecular complexity index is 624. The first-order chi connectivity index (χ1) is 10.7. The van der Waals surface area contributed by atoms with Crippen LogP contribution in [0.3, 0.4) is 0 Å². The van der Waals surface area contributed by atoms with Crippen LogP contribution in [0, 0.1) is 0 Å². The first kappa shape index (κ1) is 15.1. The van der Waals surface area contributed by atoms with E-state index in [4.69, 9.17) is 16.0 Å². The van der Waals surface area contributed by atoms with Gasteiger partial charge in [0.1, 0.15) is 11.8 Å². The van der Waals surface area contributed by atoms with Gasteiger partial charge in [-0.3, -0.25) is 9.69 Å². The highest BCUT2D eigenvalue weighted by Crippen LogP contribution is 2.34. The lowest BCUT2D eigenvalue weighted by atomic mass is 9.95. The third-order valence-electron chi connectivity index (χ3n) is 4.16. The smallest absolute Gasteiger partial charge is 0.320 e. The fourth-order valence-electron chi connectivity index (χ4n) is 3.14. The van der Waals surface area contributed by atoms with Crippen molar-refractivity contribution < 1.29 is 14.3 Å². The Balaban J connectivity index is 2.01. The zero-order valence-electron chi connectivity index (χ0n) is 12.1. The lowest BCUT2D eigenvalue weighted by Gasteiger charge is -2.38. The summed E-state index contributed by atoms with van der Waals surface area (Å²) in [5.41, 5.74) is 0.993. The molecule has 2 aromatic rings. The minimum Gasteiger partial charge on any atom is -0.480 e. The number of aliphatic carboxylic acids is 1. The number of benzene rings is 1. The van der Waals surface area contributed by atoms with Gasteiger partial charge >= 0.3 is 5.97 Å². The van der Waals surface area contributed by atoms with Crippen LogP contribution in [0.25, 0.3) is 0 Å². The number of carboxylic acid groups (broad SMARTS) is 1. The summed E-state index contributed by atoms with van der Waals surface area (Å²) < 4.78 is 5.59. The van der Waals surface area contributed by atoms with Crippen LogP contribution >= 0.6 is 11.6 Å². The third-order valence-corrected chi connectivity index (χ3v) is 4.41. The standard InChI is InChI=1S/C17H18ClNO3/c18-13-8-6-12(7-9-13)16(15-5-3-11-22-15)19-10-2-1-4-14(19)17(20)21/h3,5-9,11,14,16H,1-2,4,10H2,(H,20,21). The van der Waals surface area contributed by atoms with Crippen LogP contribution in [-0.4, -0.2) is 28.6 Å². The number of halogens is 1. The van der Waals surface area contributed by atoms with Crippen molar-refractivity contribution >= 4 is 17.6 Å². The quantitative estimate of drug-likeness (QED) is 0.926. The molecule has 5 heteroatoms. The number of hydrogen-bond acceptors (Lipinski definition) is 3. The molecule has 0 bridgehead atoms. The Morgan fingerprint density at radius 2 is 2.05 bits per heavy atom. The molecule has 1 N–H and O–H groups in total.